The normalized spacial score (nSPS) is 28.0. The van der Waals surface area contributed by atoms with E-state index in [2.05, 4.69) is 32.6 Å². The number of aryl methyl sites for hydroxylation is 1. The maximum Gasteiger partial charge on any atom is 0.188 e. The molecule has 0 amide bonds. The van der Waals surface area contributed by atoms with Crippen LogP contribution in [0.3, 0.4) is 0 Å². The number of rotatable bonds is 2. The zero-order valence-electron chi connectivity index (χ0n) is 11.3. The van der Waals surface area contributed by atoms with Crippen LogP contribution >= 0.6 is 0 Å². The van der Waals surface area contributed by atoms with E-state index < -0.39 is 0 Å². The molecule has 1 saturated carbocycles. The third-order valence-electron chi connectivity index (χ3n) is 4.36. The second-order valence-corrected chi connectivity index (χ2v) is 5.79. The minimum atomic E-state index is 0.339. The molecule has 18 heavy (non-hydrogen) atoms. The molecule has 1 aromatic heterocycles. The summed E-state index contributed by atoms with van der Waals surface area (Å²) in [5, 5.41) is 16.0. The molecular weight excluding hydrogens is 228 g/mol. The summed E-state index contributed by atoms with van der Waals surface area (Å²) in [6.07, 6.45) is 5.29. The Morgan fingerprint density at radius 1 is 1.39 bits per heavy atom. The van der Waals surface area contributed by atoms with Crippen molar-refractivity contribution < 1.29 is 0 Å². The molecule has 6 nitrogen and oxygen atoms in total. The number of hydrogen-bond acceptors (Lipinski definition) is 5. The highest BCUT2D eigenvalue weighted by Crippen LogP contribution is 2.37. The summed E-state index contributed by atoms with van der Waals surface area (Å²) in [7, 11) is 1.82. The van der Waals surface area contributed by atoms with E-state index in [4.69, 9.17) is 0 Å². The Hall–Kier alpha value is -1.01. The lowest BCUT2D eigenvalue weighted by molar-refractivity contribution is 0.0370. The largest absolute Gasteiger partial charge is 0.311 e. The molecule has 1 aliphatic carbocycles. The predicted octanol–water partition coefficient (Wildman–Crippen LogP) is 0.317. The van der Waals surface area contributed by atoms with Gasteiger partial charge < -0.3 is 5.32 Å². The quantitative estimate of drug-likeness (QED) is 0.819. The highest BCUT2D eigenvalue weighted by molar-refractivity contribution is 5.02. The Labute approximate surface area is 108 Å². The van der Waals surface area contributed by atoms with E-state index >= 15 is 0 Å². The van der Waals surface area contributed by atoms with Crippen molar-refractivity contribution in [2.24, 2.45) is 7.05 Å². The van der Waals surface area contributed by atoms with Gasteiger partial charge in [0.2, 0.25) is 0 Å². The standard InChI is InChI=1S/C12H22N6/c1-10-7-18(8-11-14-16-17(2)15-11)12(9-13-10)5-3-4-6-12/h10,13H,3-9H2,1-2H3. The Kier molecular flexibility index (Phi) is 3.07. The average molecular weight is 250 g/mol. The number of nitrogens with one attached hydrogen (secondary N) is 1. The van der Waals surface area contributed by atoms with Crippen LogP contribution in [0.5, 0.6) is 0 Å². The lowest BCUT2D eigenvalue weighted by Crippen LogP contribution is -2.62. The number of tetrazole rings is 1. The number of piperazine rings is 1. The zero-order chi connectivity index (χ0) is 12.6. The summed E-state index contributed by atoms with van der Waals surface area (Å²) >= 11 is 0. The van der Waals surface area contributed by atoms with Crippen LogP contribution in [0, 0.1) is 0 Å². The summed E-state index contributed by atoms with van der Waals surface area (Å²) in [5.74, 6) is 0.845. The minimum Gasteiger partial charge on any atom is -0.311 e. The Balaban J connectivity index is 1.77. The fourth-order valence-corrected chi connectivity index (χ4v) is 3.38. The van der Waals surface area contributed by atoms with Gasteiger partial charge >= 0.3 is 0 Å². The highest BCUT2D eigenvalue weighted by Gasteiger charge is 2.42. The molecule has 3 rings (SSSR count). The first kappa shape index (κ1) is 12.0. The maximum atomic E-state index is 4.32. The van der Waals surface area contributed by atoms with Crippen LogP contribution < -0.4 is 5.32 Å². The summed E-state index contributed by atoms with van der Waals surface area (Å²) in [6, 6.07) is 0.549. The molecule has 2 heterocycles. The molecule has 1 aliphatic heterocycles. The van der Waals surface area contributed by atoms with Crippen LogP contribution in [0.2, 0.25) is 0 Å². The van der Waals surface area contributed by atoms with Crippen LogP contribution in [0.25, 0.3) is 0 Å². The van der Waals surface area contributed by atoms with Gasteiger partial charge in [-0.15, -0.1) is 10.2 Å². The van der Waals surface area contributed by atoms with Crippen LogP contribution in [-0.4, -0.2) is 49.8 Å². The molecule has 2 aliphatic rings. The number of hydrogen-bond donors (Lipinski definition) is 1. The van der Waals surface area contributed by atoms with Gasteiger partial charge in [-0.05, 0) is 25.0 Å². The van der Waals surface area contributed by atoms with Gasteiger partial charge in [0.15, 0.2) is 5.82 Å². The van der Waals surface area contributed by atoms with Crippen molar-refractivity contribution in [2.75, 3.05) is 13.1 Å². The molecule has 0 aromatic carbocycles. The fourth-order valence-electron chi connectivity index (χ4n) is 3.38. The Bertz CT molecular complexity index is 408. The van der Waals surface area contributed by atoms with Crippen LogP contribution in [0.4, 0.5) is 0 Å². The fraction of sp³-hybridized carbons (Fsp3) is 0.917. The zero-order valence-corrected chi connectivity index (χ0v) is 11.3. The topological polar surface area (TPSA) is 58.9 Å². The molecule has 1 spiro atoms. The second kappa shape index (κ2) is 4.59. The lowest BCUT2D eigenvalue weighted by atomic mass is 9.91. The first-order valence-corrected chi connectivity index (χ1v) is 6.89. The Morgan fingerprint density at radius 3 is 2.83 bits per heavy atom. The molecule has 1 aromatic rings. The average Bonchev–Trinajstić information content (AvgIpc) is 2.95. The maximum absolute atomic E-state index is 4.32. The SMILES string of the molecule is CC1CN(Cc2nnn(C)n2)C2(CCCC2)CN1. The summed E-state index contributed by atoms with van der Waals surface area (Å²) in [5.41, 5.74) is 0.339. The van der Waals surface area contributed by atoms with Gasteiger partial charge in [-0.2, -0.15) is 4.80 Å². The highest BCUT2D eigenvalue weighted by atomic mass is 15.6. The van der Waals surface area contributed by atoms with Crippen molar-refractivity contribution in [2.45, 2.75) is 50.7 Å². The van der Waals surface area contributed by atoms with E-state index in [0.717, 1.165) is 25.5 Å². The van der Waals surface area contributed by atoms with Gasteiger partial charge in [-0.1, -0.05) is 12.8 Å². The first-order chi connectivity index (χ1) is 8.68. The van der Waals surface area contributed by atoms with Crippen molar-refractivity contribution in [3.8, 4) is 0 Å². The lowest BCUT2D eigenvalue weighted by Gasteiger charge is -2.47. The third-order valence-corrected chi connectivity index (χ3v) is 4.36. The van der Waals surface area contributed by atoms with Gasteiger partial charge in [0.25, 0.3) is 0 Å². The van der Waals surface area contributed by atoms with E-state index in [0.29, 0.717) is 11.6 Å². The van der Waals surface area contributed by atoms with E-state index in [1.54, 1.807) is 4.80 Å². The first-order valence-electron chi connectivity index (χ1n) is 6.89. The molecule has 2 fully saturated rings. The third kappa shape index (κ3) is 2.14. The van der Waals surface area contributed by atoms with Crippen molar-refractivity contribution in [3.63, 3.8) is 0 Å². The van der Waals surface area contributed by atoms with Gasteiger partial charge in [0.1, 0.15) is 0 Å². The van der Waals surface area contributed by atoms with E-state index in [1.165, 1.54) is 25.7 Å². The molecule has 0 bridgehead atoms. The minimum absolute atomic E-state index is 0.339. The van der Waals surface area contributed by atoms with Gasteiger partial charge in [-0.3, -0.25) is 4.90 Å². The molecule has 1 atom stereocenters. The van der Waals surface area contributed by atoms with Gasteiger partial charge in [0, 0.05) is 24.7 Å². The summed E-state index contributed by atoms with van der Waals surface area (Å²) in [6.45, 7) is 5.27. The van der Waals surface area contributed by atoms with E-state index in [9.17, 15) is 0 Å². The van der Waals surface area contributed by atoms with Crippen molar-refractivity contribution in [3.05, 3.63) is 5.82 Å². The molecule has 1 unspecified atom stereocenters. The molecule has 6 heteroatoms. The Morgan fingerprint density at radius 2 is 2.17 bits per heavy atom. The van der Waals surface area contributed by atoms with Crippen molar-refractivity contribution >= 4 is 0 Å². The van der Waals surface area contributed by atoms with Crippen molar-refractivity contribution in [1.29, 1.82) is 0 Å². The number of aromatic nitrogens is 4. The molecule has 100 valence electrons. The van der Waals surface area contributed by atoms with E-state index in [-0.39, 0.29) is 0 Å². The van der Waals surface area contributed by atoms with E-state index in [1.807, 2.05) is 7.05 Å². The second-order valence-electron chi connectivity index (χ2n) is 5.79. The molecule has 1 saturated heterocycles. The molecular formula is C12H22N6. The monoisotopic (exact) mass is 250 g/mol. The van der Waals surface area contributed by atoms with Crippen LogP contribution in [0.1, 0.15) is 38.4 Å². The van der Waals surface area contributed by atoms with Crippen molar-refractivity contribution in [1.82, 2.24) is 30.4 Å². The van der Waals surface area contributed by atoms with Crippen LogP contribution in [-0.2, 0) is 13.6 Å². The van der Waals surface area contributed by atoms with Gasteiger partial charge in [0.05, 0.1) is 13.6 Å². The smallest absolute Gasteiger partial charge is 0.188 e. The van der Waals surface area contributed by atoms with Crippen LogP contribution in [0.15, 0.2) is 0 Å². The molecule has 1 N–H and O–H groups in total. The summed E-state index contributed by atoms with van der Waals surface area (Å²) < 4.78 is 0. The number of nitrogens with zero attached hydrogens (tertiary/aromatic N) is 5. The predicted molar refractivity (Wildman–Crippen MR) is 67.9 cm³/mol. The molecule has 0 radical (unpaired) electrons. The van der Waals surface area contributed by atoms with Gasteiger partial charge in [-0.25, -0.2) is 0 Å². The summed E-state index contributed by atoms with van der Waals surface area (Å²) in [4.78, 5) is 4.13.